The normalized spacial score (nSPS) is 21.6. The van der Waals surface area contributed by atoms with Crippen molar-refractivity contribution in [2.75, 3.05) is 25.0 Å². The number of hydrogen-bond donors (Lipinski definition) is 2. The average molecular weight is 494 g/mol. The number of hydrogen-bond acceptors (Lipinski definition) is 7. The van der Waals surface area contributed by atoms with Crippen molar-refractivity contribution in [1.29, 1.82) is 0 Å². The lowest BCUT2D eigenvalue weighted by Gasteiger charge is -2.31. The van der Waals surface area contributed by atoms with Gasteiger partial charge in [-0.1, -0.05) is 12.1 Å². The zero-order valence-corrected chi connectivity index (χ0v) is 19.6. The van der Waals surface area contributed by atoms with E-state index in [0.717, 1.165) is 37.7 Å². The van der Waals surface area contributed by atoms with Gasteiger partial charge >= 0.3 is 6.36 Å². The summed E-state index contributed by atoms with van der Waals surface area (Å²) in [4.78, 5) is 23.3. The third kappa shape index (κ3) is 6.61. The van der Waals surface area contributed by atoms with Crippen molar-refractivity contribution in [2.45, 2.75) is 63.6 Å². The van der Waals surface area contributed by atoms with Crippen LogP contribution in [0.5, 0.6) is 5.75 Å². The Morgan fingerprint density at radius 1 is 1.17 bits per heavy atom. The molecule has 0 aliphatic carbocycles. The van der Waals surface area contributed by atoms with Gasteiger partial charge in [0.15, 0.2) is 0 Å². The minimum absolute atomic E-state index is 0.114. The number of benzene rings is 1. The highest BCUT2D eigenvalue weighted by Crippen LogP contribution is 2.33. The molecule has 3 N–H and O–H groups in total. The zero-order chi connectivity index (χ0) is 25.0. The molecule has 1 aromatic carbocycles. The molecular formula is C24H30F3N5O3. The fraction of sp³-hybridized carbons (Fsp3) is 0.542. The maximum atomic E-state index is 13.0. The van der Waals surface area contributed by atoms with E-state index in [4.69, 9.17) is 10.5 Å². The molecule has 11 heteroatoms. The summed E-state index contributed by atoms with van der Waals surface area (Å²) in [6.07, 6.45) is 0.419. The van der Waals surface area contributed by atoms with E-state index in [9.17, 15) is 18.0 Å². The Balaban J connectivity index is 1.35. The molecule has 35 heavy (non-hydrogen) atoms. The van der Waals surface area contributed by atoms with Crippen molar-refractivity contribution in [3.63, 3.8) is 0 Å². The van der Waals surface area contributed by atoms with Crippen molar-refractivity contribution in [3.05, 3.63) is 47.4 Å². The standard InChI is InChI=1S/C24H30F3N5O3/c1-15-21(23(33)32-11-9-17(28)10-12-32)30-14-31-22(15)29-13-19-3-2-4-20(34-19)16-5-7-18(8-6-16)35-24(25,26)27/h5-8,14,17,19-20H,2-4,9-13,28H2,1H3,(H,29,30,31)/t19-,20+/m1/s1. The third-order valence-electron chi connectivity index (χ3n) is 6.45. The van der Waals surface area contributed by atoms with Gasteiger partial charge in [0.2, 0.25) is 0 Å². The molecule has 0 radical (unpaired) electrons. The summed E-state index contributed by atoms with van der Waals surface area (Å²) in [6, 6.07) is 5.93. The van der Waals surface area contributed by atoms with E-state index < -0.39 is 6.36 Å². The van der Waals surface area contributed by atoms with Crippen LogP contribution >= 0.6 is 0 Å². The molecule has 0 unspecified atom stereocenters. The quantitative estimate of drug-likeness (QED) is 0.628. The number of ether oxygens (including phenoxy) is 2. The highest BCUT2D eigenvalue weighted by molar-refractivity contribution is 5.94. The van der Waals surface area contributed by atoms with Crippen molar-refractivity contribution >= 4 is 11.7 Å². The largest absolute Gasteiger partial charge is 0.573 e. The molecule has 0 saturated carbocycles. The van der Waals surface area contributed by atoms with Crippen LogP contribution in [0.25, 0.3) is 0 Å². The number of carbonyl (C=O) groups excluding carboxylic acids is 1. The maximum Gasteiger partial charge on any atom is 0.573 e. The maximum absolute atomic E-state index is 13.0. The first kappa shape index (κ1) is 25.2. The summed E-state index contributed by atoms with van der Waals surface area (Å²) in [6.45, 7) is 3.54. The number of alkyl halides is 3. The summed E-state index contributed by atoms with van der Waals surface area (Å²) in [5.74, 6) is 0.204. The first-order valence-corrected chi connectivity index (χ1v) is 11.8. The van der Waals surface area contributed by atoms with Gasteiger partial charge in [-0.05, 0) is 56.7 Å². The second-order valence-electron chi connectivity index (χ2n) is 9.00. The highest BCUT2D eigenvalue weighted by Gasteiger charge is 2.31. The van der Waals surface area contributed by atoms with Crippen molar-refractivity contribution in [1.82, 2.24) is 14.9 Å². The second-order valence-corrected chi connectivity index (χ2v) is 9.00. The van der Waals surface area contributed by atoms with Crippen molar-refractivity contribution in [3.8, 4) is 5.75 Å². The molecule has 2 aromatic rings. The lowest BCUT2D eigenvalue weighted by molar-refractivity contribution is -0.274. The Morgan fingerprint density at radius 3 is 2.57 bits per heavy atom. The Morgan fingerprint density at radius 2 is 1.89 bits per heavy atom. The lowest BCUT2D eigenvalue weighted by atomic mass is 9.98. The molecule has 3 heterocycles. The molecule has 0 spiro atoms. The highest BCUT2D eigenvalue weighted by atomic mass is 19.4. The van der Waals surface area contributed by atoms with Gasteiger partial charge in [0.25, 0.3) is 5.91 Å². The first-order valence-electron chi connectivity index (χ1n) is 11.8. The lowest BCUT2D eigenvalue weighted by Crippen LogP contribution is -2.43. The topological polar surface area (TPSA) is 103 Å². The Kier molecular flexibility index (Phi) is 7.75. The fourth-order valence-electron chi connectivity index (χ4n) is 4.49. The van der Waals surface area contributed by atoms with Crippen LogP contribution in [-0.4, -0.2) is 58.9 Å². The fourth-order valence-corrected chi connectivity index (χ4v) is 4.49. The number of carbonyl (C=O) groups is 1. The summed E-state index contributed by atoms with van der Waals surface area (Å²) in [7, 11) is 0. The van der Waals surface area contributed by atoms with E-state index >= 15 is 0 Å². The van der Waals surface area contributed by atoms with E-state index in [0.29, 0.717) is 36.7 Å². The van der Waals surface area contributed by atoms with Crippen LogP contribution in [-0.2, 0) is 4.74 Å². The molecule has 1 amide bonds. The van der Waals surface area contributed by atoms with Crippen LogP contribution in [0.15, 0.2) is 30.6 Å². The number of nitrogens with one attached hydrogen (secondary N) is 1. The van der Waals surface area contributed by atoms with E-state index in [2.05, 4.69) is 20.0 Å². The summed E-state index contributed by atoms with van der Waals surface area (Å²) >= 11 is 0. The molecule has 190 valence electrons. The summed E-state index contributed by atoms with van der Waals surface area (Å²) in [5, 5.41) is 3.28. The molecular weight excluding hydrogens is 463 g/mol. The van der Waals surface area contributed by atoms with Gasteiger partial charge in [0.1, 0.15) is 23.6 Å². The number of piperidine rings is 1. The minimum atomic E-state index is -4.72. The van der Waals surface area contributed by atoms with Gasteiger partial charge in [-0.25, -0.2) is 9.97 Å². The number of aromatic nitrogens is 2. The average Bonchev–Trinajstić information content (AvgIpc) is 2.83. The van der Waals surface area contributed by atoms with Crippen molar-refractivity contribution < 1.29 is 27.4 Å². The van der Waals surface area contributed by atoms with Crippen LogP contribution in [0.1, 0.15) is 59.8 Å². The van der Waals surface area contributed by atoms with Gasteiger partial charge in [-0.3, -0.25) is 4.79 Å². The molecule has 4 rings (SSSR count). The monoisotopic (exact) mass is 493 g/mol. The number of likely N-dealkylation sites (tertiary alicyclic amines) is 1. The molecule has 2 saturated heterocycles. The predicted octanol–water partition coefficient (Wildman–Crippen LogP) is 3.97. The SMILES string of the molecule is Cc1c(NC[C@H]2CCC[C@@H](c3ccc(OC(F)(F)F)cc3)O2)ncnc1C(=O)N1CCC(N)CC1. The molecule has 8 nitrogen and oxygen atoms in total. The van der Waals surface area contributed by atoms with E-state index in [1.807, 2.05) is 6.92 Å². The van der Waals surface area contributed by atoms with E-state index in [1.54, 1.807) is 17.0 Å². The van der Waals surface area contributed by atoms with Gasteiger partial charge in [0, 0.05) is 31.2 Å². The molecule has 0 bridgehead atoms. The van der Waals surface area contributed by atoms with Gasteiger partial charge < -0.3 is 25.4 Å². The molecule has 2 aliphatic heterocycles. The number of rotatable bonds is 6. The van der Waals surface area contributed by atoms with Gasteiger partial charge in [0.05, 0.1) is 12.2 Å². The van der Waals surface area contributed by atoms with Crippen LogP contribution in [0.4, 0.5) is 19.0 Å². The van der Waals surface area contributed by atoms with Crippen LogP contribution in [0.2, 0.25) is 0 Å². The van der Waals surface area contributed by atoms with Crippen LogP contribution < -0.4 is 15.8 Å². The number of amides is 1. The predicted molar refractivity (Wildman–Crippen MR) is 123 cm³/mol. The van der Waals surface area contributed by atoms with Crippen molar-refractivity contribution in [2.24, 2.45) is 5.73 Å². The Bertz CT molecular complexity index is 1010. The first-order chi connectivity index (χ1) is 16.7. The molecule has 2 aliphatic rings. The van der Waals surface area contributed by atoms with Crippen LogP contribution in [0.3, 0.4) is 0 Å². The Labute approximate surface area is 202 Å². The number of anilines is 1. The molecule has 1 aromatic heterocycles. The number of halogens is 3. The van der Waals surface area contributed by atoms with Crippen LogP contribution in [0, 0.1) is 6.92 Å². The smallest absolute Gasteiger partial charge is 0.406 e. The zero-order valence-electron chi connectivity index (χ0n) is 19.6. The second kappa shape index (κ2) is 10.8. The summed E-state index contributed by atoms with van der Waals surface area (Å²) in [5.41, 5.74) is 7.80. The third-order valence-corrected chi connectivity index (χ3v) is 6.45. The van der Waals surface area contributed by atoms with E-state index in [1.165, 1.54) is 18.5 Å². The number of nitrogens with zero attached hydrogens (tertiary/aromatic N) is 3. The molecule has 2 atom stereocenters. The summed E-state index contributed by atoms with van der Waals surface area (Å²) < 4.78 is 47.3. The van der Waals surface area contributed by atoms with Gasteiger partial charge in [-0.2, -0.15) is 0 Å². The molecule has 2 fully saturated rings. The Hall–Kier alpha value is -2.92. The van der Waals surface area contributed by atoms with Gasteiger partial charge in [-0.15, -0.1) is 13.2 Å². The number of nitrogens with two attached hydrogens (primary N) is 1. The minimum Gasteiger partial charge on any atom is -0.406 e. The van der Waals surface area contributed by atoms with E-state index in [-0.39, 0.29) is 29.9 Å².